The van der Waals surface area contributed by atoms with Crippen molar-refractivity contribution in [3.05, 3.63) is 46.9 Å². The third kappa shape index (κ3) is 3.75. The number of H-pyrrole nitrogens is 1. The topological polar surface area (TPSA) is 80.5 Å². The summed E-state index contributed by atoms with van der Waals surface area (Å²) in [4.78, 5) is 12.6. The highest BCUT2D eigenvalue weighted by Crippen LogP contribution is 2.19. The number of aryl methyl sites for hydroxylation is 1. The van der Waals surface area contributed by atoms with Crippen LogP contribution < -0.4 is 5.32 Å². The summed E-state index contributed by atoms with van der Waals surface area (Å²) in [7, 11) is 0. The standard InChI is InChI=1S/C18H22N6OS/c1-4-13(3)24-15(8-9-19-24)20-16(25)11-23-17(21-22-18(23)26)14-7-5-6-12(2)10-14/h5-10,13H,4,11H2,1-3H3,(H,20,25)(H,22,26). The van der Waals surface area contributed by atoms with Gasteiger partial charge in [-0.3, -0.25) is 14.5 Å². The van der Waals surface area contributed by atoms with Gasteiger partial charge in [-0.1, -0.05) is 30.7 Å². The average Bonchev–Trinajstić information content (AvgIpc) is 3.21. The maximum absolute atomic E-state index is 12.6. The molecule has 1 amide bonds. The van der Waals surface area contributed by atoms with Crippen LogP contribution in [0.15, 0.2) is 36.5 Å². The fourth-order valence-corrected chi connectivity index (χ4v) is 2.93. The Morgan fingerprint density at radius 1 is 1.38 bits per heavy atom. The summed E-state index contributed by atoms with van der Waals surface area (Å²) < 4.78 is 3.92. The minimum absolute atomic E-state index is 0.0737. The Kier molecular flexibility index (Phi) is 5.32. The van der Waals surface area contributed by atoms with Gasteiger partial charge in [0.2, 0.25) is 5.91 Å². The van der Waals surface area contributed by atoms with Gasteiger partial charge in [0, 0.05) is 11.6 Å². The normalized spacial score (nSPS) is 12.1. The van der Waals surface area contributed by atoms with Gasteiger partial charge in [0.1, 0.15) is 12.4 Å². The molecule has 0 aliphatic carbocycles. The van der Waals surface area contributed by atoms with Gasteiger partial charge >= 0.3 is 0 Å². The molecule has 2 heterocycles. The number of nitrogens with zero attached hydrogens (tertiary/aromatic N) is 4. The van der Waals surface area contributed by atoms with Gasteiger partial charge in [-0.25, -0.2) is 4.68 Å². The van der Waals surface area contributed by atoms with E-state index in [0.717, 1.165) is 17.5 Å². The fraction of sp³-hybridized carbons (Fsp3) is 0.333. The number of rotatable bonds is 6. The second-order valence-corrected chi connectivity index (χ2v) is 6.66. The lowest BCUT2D eigenvalue weighted by molar-refractivity contribution is -0.116. The summed E-state index contributed by atoms with van der Waals surface area (Å²) >= 11 is 5.31. The van der Waals surface area contributed by atoms with Crippen LogP contribution in [0.3, 0.4) is 0 Å². The lowest BCUT2D eigenvalue weighted by atomic mass is 10.1. The number of carbonyl (C=O) groups excluding carboxylic acids is 1. The van der Waals surface area contributed by atoms with Crippen molar-refractivity contribution in [2.45, 2.75) is 39.8 Å². The van der Waals surface area contributed by atoms with Crippen LogP contribution >= 0.6 is 12.2 Å². The first kappa shape index (κ1) is 18.1. The molecule has 8 heteroatoms. The predicted molar refractivity (Wildman–Crippen MR) is 103 cm³/mol. The van der Waals surface area contributed by atoms with Gasteiger partial charge in [0.25, 0.3) is 0 Å². The number of aromatic amines is 1. The smallest absolute Gasteiger partial charge is 0.245 e. The number of nitrogens with one attached hydrogen (secondary N) is 2. The molecule has 2 N–H and O–H groups in total. The molecule has 136 valence electrons. The van der Waals surface area contributed by atoms with E-state index in [1.807, 2.05) is 35.9 Å². The van der Waals surface area contributed by atoms with Gasteiger partial charge in [0.05, 0.1) is 12.2 Å². The molecule has 0 fully saturated rings. The maximum atomic E-state index is 12.6. The first-order valence-electron chi connectivity index (χ1n) is 8.55. The Hall–Kier alpha value is -2.74. The summed E-state index contributed by atoms with van der Waals surface area (Å²) in [5.74, 6) is 1.14. The lowest BCUT2D eigenvalue weighted by Gasteiger charge is -2.14. The van der Waals surface area contributed by atoms with Crippen LogP contribution in [0.5, 0.6) is 0 Å². The average molecular weight is 370 g/mol. The van der Waals surface area contributed by atoms with E-state index < -0.39 is 0 Å². The zero-order chi connectivity index (χ0) is 18.7. The minimum Gasteiger partial charge on any atom is -0.309 e. The highest BCUT2D eigenvalue weighted by atomic mass is 32.1. The van der Waals surface area contributed by atoms with Gasteiger partial charge in [0.15, 0.2) is 10.6 Å². The summed E-state index contributed by atoms with van der Waals surface area (Å²) in [5, 5.41) is 14.3. The van der Waals surface area contributed by atoms with E-state index in [2.05, 4.69) is 34.5 Å². The van der Waals surface area contributed by atoms with Crippen molar-refractivity contribution < 1.29 is 4.79 Å². The van der Waals surface area contributed by atoms with Crippen LogP contribution in [0.2, 0.25) is 0 Å². The zero-order valence-corrected chi connectivity index (χ0v) is 15.9. The van der Waals surface area contributed by atoms with Crippen molar-refractivity contribution in [3.8, 4) is 11.4 Å². The van der Waals surface area contributed by atoms with Crippen LogP contribution in [-0.2, 0) is 11.3 Å². The van der Waals surface area contributed by atoms with E-state index in [-0.39, 0.29) is 18.5 Å². The second-order valence-electron chi connectivity index (χ2n) is 6.27. The molecule has 0 aliphatic rings. The van der Waals surface area contributed by atoms with Crippen LogP contribution in [-0.4, -0.2) is 30.5 Å². The van der Waals surface area contributed by atoms with Crippen molar-refractivity contribution in [3.63, 3.8) is 0 Å². The summed E-state index contributed by atoms with van der Waals surface area (Å²) in [5.41, 5.74) is 2.03. The fourth-order valence-electron chi connectivity index (χ4n) is 2.73. The number of anilines is 1. The predicted octanol–water partition coefficient (Wildman–Crippen LogP) is 3.72. The summed E-state index contributed by atoms with van der Waals surface area (Å²) in [6.45, 7) is 6.23. The first-order valence-corrected chi connectivity index (χ1v) is 8.96. The van der Waals surface area contributed by atoms with Gasteiger partial charge in [-0.15, -0.1) is 0 Å². The molecule has 0 bridgehead atoms. The third-order valence-corrected chi connectivity index (χ3v) is 4.59. The van der Waals surface area contributed by atoms with E-state index in [1.165, 1.54) is 0 Å². The van der Waals surface area contributed by atoms with Crippen molar-refractivity contribution in [1.82, 2.24) is 24.5 Å². The Morgan fingerprint density at radius 2 is 2.19 bits per heavy atom. The van der Waals surface area contributed by atoms with Crippen LogP contribution in [0.1, 0.15) is 31.9 Å². The monoisotopic (exact) mass is 370 g/mol. The number of hydrogen-bond donors (Lipinski definition) is 2. The molecule has 0 spiro atoms. The lowest BCUT2D eigenvalue weighted by Crippen LogP contribution is -2.22. The van der Waals surface area contributed by atoms with Crippen molar-refractivity contribution in [2.24, 2.45) is 0 Å². The number of hydrogen-bond acceptors (Lipinski definition) is 4. The molecule has 3 aromatic rings. The molecular formula is C18H22N6OS. The Labute approximate surface area is 157 Å². The Bertz CT molecular complexity index is 970. The molecule has 26 heavy (non-hydrogen) atoms. The molecular weight excluding hydrogens is 348 g/mol. The van der Waals surface area contributed by atoms with Crippen molar-refractivity contribution >= 4 is 23.9 Å². The molecule has 0 saturated heterocycles. The number of benzene rings is 1. The number of carbonyl (C=O) groups is 1. The molecule has 7 nitrogen and oxygen atoms in total. The van der Waals surface area contributed by atoms with Gasteiger partial charge in [-0.2, -0.15) is 10.2 Å². The van der Waals surface area contributed by atoms with Gasteiger partial charge < -0.3 is 5.32 Å². The Morgan fingerprint density at radius 3 is 2.92 bits per heavy atom. The molecule has 1 unspecified atom stereocenters. The van der Waals surface area contributed by atoms with Crippen LogP contribution in [0.25, 0.3) is 11.4 Å². The van der Waals surface area contributed by atoms with E-state index in [9.17, 15) is 4.79 Å². The van der Waals surface area contributed by atoms with Crippen LogP contribution in [0.4, 0.5) is 5.82 Å². The molecule has 0 radical (unpaired) electrons. The molecule has 3 rings (SSSR count). The van der Waals surface area contributed by atoms with Crippen molar-refractivity contribution in [1.29, 1.82) is 0 Å². The SMILES string of the molecule is CCC(C)n1nccc1NC(=O)Cn1c(-c2cccc(C)c2)n[nH]c1=S. The number of amides is 1. The summed E-state index contributed by atoms with van der Waals surface area (Å²) in [6.07, 6.45) is 2.61. The van der Waals surface area contributed by atoms with E-state index in [4.69, 9.17) is 12.2 Å². The van der Waals surface area contributed by atoms with Crippen molar-refractivity contribution in [2.75, 3.05) is 5.32 Å². The largest absolute Gasteiger partial charge is 0.309 e. The summed E-state index contributed by atoms with van der Waals surface area (Å²) in [6, 6.07) is 9.93. The maximum Gasteiger partial charge on any atom is 0.245 e. The first-order chi connectivity index (χ1) is 12.5. The molecule has 0 saturated carbocycles. The molecule has 1 atom stereocenters. The molecule has 0 aliphatic heterocycles. The highest BCUT2D eigenvalue weighted by molar-refractivity contribution is 7.71. The van der Waals surface area contributed by atoms with E-state index in [0.29, 0.717) is 16.4 Å². The van der Waals surface area contributed by atoms with E-state index in [1.54, 1.807) is 16.8 Å². The van der Waals surface area contributed by atoms with Crippen LogP contribution in [0, 0.1) is 11.7 Å². The third-order valence-electron chi connectivity index (χ3n) is 4.28. The molecule has 1 aromatic carbocycles. The van der Waals surface area contributed by atoms with E-state index >= 15 is 0 Å². The molecule has 2 aromatic heterocycles. The minimum atomic E-state index is -0.179. The Balaban J connectivity index is 1.82. The van der Waals surface area contributed by atoms with Gasteiger partial charge in [-0.05, 0) is 38.6 Å². The second kappa shape index (κ2) is 7.65. The quantitative estimate of drug-likeness (QED) is 0.648. The highest BCUT2D eigenvalue weighted by Gasteiger charge is 2.15. The number of aromatic nitrogens is 5. The zero-order valence-electron chi connectivity index (χ0n) is 15.1.